The molecular formula is C18H16F2N6. The molecule has 132 valence electrons. The molecule has 26 heavy (non-hydrogen) atoms. The van der Waals surface area contributed by atoms with E-state index >= 15 is 0 Å². The van der Waals surface area contributed by atoms with Gasteiger partial charge in [-0.05, 0) is 18.6 Å². The van der Waals surface area contributed by atoms with Crippen LogP contribution in [0, 0.1) is 11.6 Å². The number of hydrogen-bond acceptors (Lipinski definition) is 4. The molecule has 3 aromatic heterocycles. The molecule has 0 aliphatic rings. The Kier molecular flexibility index (Phi) is 4.16. The van der Waals surface area contributed by atoms with Gasteiger partial charge >= 0.3 is 0 Å². The number of aromatic nitrogens is 6. The van der Waals surface area contributed by atoms with Crippen LogP contribution in [-0.4, -0.2) is 29.1 Å². The Morgan fingerprint density at radius 1 is 1.08 bits per heavy atom. The fourth-order valence-corrected chi connectivity index (χ4v) is 3.06. The summed E-state index contributed by atoms with van der Waals surface area (Å²) in [5.41, 5.74) is 2.36. The van der Waals surface area contributed by atoms with Crippen LogP contribution in [0.4, 0.5) is 8.78 Å². The SMILES string of the molecule is CCCc1c(Cn2ccnc2-c2c(F)cccc2F)ncn2ncnc12. The normalized spacial score (nSPS) is 11.3. The van der Waals surface area contributed by atoms with Gasteiger partial charge in [-0.3, -0.25) is 0 Å². The summed E-state index contributed by atoms with van der Waals surface area (Å²) in [6, 6.07) is 3.78. The van der Waals surface area contributed by atoms with Crippen LogP contribution in [0.25, 0.3) is 17.0 Å². The quantitative estimate of drug-likeness (QED) is 0.552. The summed E-state index contributed by atoms with van der Waals surface area (Å²) >= 11 is 0. The summed E-state index contributed by atoms with van der Waals surface area (Å²) in [6.45, 7) is 2.41. The number of benzene rings is 1. The second kappa shape index (κ2) is 6.62. The van der Waals surface area contributed by atoms with Gasteiger partial charge in [-0.15, -0.1) is 0 Å². The highest BCUT2D eigenvalue weighted by Crippen LogP contribution is 2.25. The molecule has 0 spiro atoms. The van der Waals surface area contributed by atoms with Gasteiger partial charge in [0.25, 0.3) is 0 Å². The molecule has 4 aromatic rings. The van der Waals surface area contributed by atoms with Crippen LogP contribution in [0.1, 0.15) is 24.6 Å². The maximum Gasteiger partial charge on any atom is 0.162 e. The van der Waals surface area contributed by atoms with E-state index in [-0.39, 0.29) is 11.4 Å². The van der Waals surface area contributed by atoms with Gasteiger partial charge in [0, 0.05) is 18.0 Å². The zero-order valence-corrected chi connectivity index (χ0v) is 14.1. The first-order chi connectivity index (χ1) is 12.7. The third-order valence-electron chi connectivity index (χ3n) is 4.24. The summed E-state index contributed by atoms with van der Waals surface area (Å²) < 4.78 is 31.7. The van der Waals surface area contributed by atoms with Gasteiger partial charge in [-0.1, -0.05) is 19.4 Å². The average Bonchev–Trinajstić information content (AvgIpc) is 3.27. The highest BCUT2D eigenvalue weighted by molar-refractivity contribution is 5.58. The van der Waals surface area contributed by atoms with E-state index in [1.807, 2.05) is 0 Å². The van der Waals surface area contributed by atoms with Gasteiger partial charge in [0.2, 0.25) is 0 Å². The van der Waals surface area contributed by atoms with Crippen LogP contribution in [0.5, 0.6) is 0 Å². The molecule has 0 atom stereocenters. The number of halogens is 2. The second-order valence-electron chi connectivity index (χ2n) is 5.92. The molecular weight excluding hydrogens is 338 g/mol. The fourth-order valence-electron chi connectivity index (χ4n) is 3.06. The van der Waals surface area contributed by atoms with E-state index in [0.29, 0.717) is 6.54 Å². The van der Waals surface area contributed by atoms with Crippen LogP contribution in [0.2, 0.25) is 0 Å². The lowest BCUT2D eigenvalue weighted by atomic mass is 10.1. The molecule has 0 saturated carbocycles. The van der Waals surface area contributed by atoms with Crippen molar-refractivity contribution in [2.24, 2.45) is 0 Å². The third-order valence-corrected chi connectivity index (χ3v) is 4.24. The van der Waals surface area contributed by atoms with E-state index < -0.39 is 11.6 Å². The molecule has 0 aliphatic carbocycles. The van der Waals surface area contributed by atoms with Gasteiger partial charge in [0.15, 0.2) is 5.65 Å². The van der Waals surface area contributed by atoms with Crippen LogP contribution >= 0.6 is 0 Å². The van der Waals surface area contributed by atoms with Crippen LogP contribution in [0.15, 0.2) is 43.2 Å². The second-order valence-corrected chi connectivity index (χ2v) is 5.92. The fraction of sp³-hybridized carbons (Fsp3) is 0.222. The van der Waals surface area contributed by atoms with Gasteiger partial charge in [-0.25, -0.2) is 28.2 Å². The highest BCUT2D eigenvalue weighted by atomic mass is 19.1. The molecule has 4 rings (SSSR count). The molecule has 0 radical (unpaired) electrons. The zero-order chi connectivity index (χ0) is 18.1. The topological polar surface area (TPSA) is 60.9 Å². The number of nitrogens with zero attached hydrogens (tertiary/aromatic N) is 6. The standard InChI is InChI=1S/C18H16F2N6/c1-2-4-12-15(23-11-26-17(12)22-10-24-26)9-25-8-7-21-18(25)16-13(19)5-3-6-14(16)20/h3,5-8,10-11H,2,4,9H2,1H3. The molecule has 8 heteroatoms. The Balaban J connectivity index is 1.79. The summed E-state index contributed by atoms with van der Waals surface area (Å²) in [5, 5.41) is 4.11. The van der Waals surface area contributed by atoms with E-state index in [9.17, 15) is 8.78 Å². The number of hydrogen-bond donors (Lipinski definition) is 0. The summed E-state index contributed by atoms with van der Waals surface area (Å²) in [4.78, 5) is 12.9. The Morgan fingerprint density at radius 3 is 2.65 bits per heavy atom. The first-order valence-electron chi connectivity index (χ1n) is 8.30. The molecule has 1 aromatic carbocycles. The Hall–Kier alpha value is -3.16. The van der Waals surface area contributed by atoms with E-state index in [1.165, 1.54) is 30.7 Å². The molecule has 0 fully saturated rings. The molecule has 6 nitrogen and oxygen atoms in total. The number of aryl methyl sites for hydroxylation is 1. The first kappa shape index (κ1) is 16.3. The lowest BCUT2D eigenvalue weighted by molar-refractivity contribution is 0.584. The molecule has 0 bridgehead atoms. The minimum absolute atomic E-state index is 0.141. The van der Waals surface area contributed by atoms with E-state index in [1.54, 1.807) is 21.6 Å². The van der Waals surface area contributed by atoms with Crippen LogP contribution in [0.3, 0.4) is 0 Å². The minimum atomic E-state index is -0.646. The van der Waals surface area contributed by atoms with Gasteiger partial charge in [0.05, 0.1) is 17.8 Å². The summed E-state index contributed by atoms with van der Waals surface area (Å²) in [5.74, 6) is -1.06. The number of fused-ring (bicyclic) bond motifs is 1. The maximum absolute atomic E-state index is 14.2. The van der Waals surface area contributed by atoms with Crippen molar-refractivity contribution < 1.29 is 8.78 Å². The van der Waals surface area contributed by atoms with Gasteiger partial charge < -0.3 is 4.57 Å². The van der Waals surface area contributed by atoms with E-state index in [4.69, 9.17) is 0 Å². The van der Waals surface area contributed by atoms with Crippen molar-refractivity contribution in [1.29, 1.82) is 0 Å². The Bertz CT molecular complexity index is 1050. The van der Waals surface area contributed by atoms with Gasteiger partial charge in [-0.2, -0.15) is 5.10 Å². The van der Waals surface area contributed by atoms with Crippen molar-refractivity contribution in [2.45, 2.75) is 26.3 Å². The number of imidazole rings is 1. The minimum Gasteiger partial charge on any atom is -0.325 e. The smallest absolute Gasteiger partial charge is 0.162 e. The van der Waals surface area contributed by atoms with Crippen molar-refractivity contribution in [3.63, 3.8) is 0 Å². The lowest BCUT2D eigenvalue weighted by Gasteiger charge is -2.12. The zero-order valence-electron chi connectivity index (χ0n) is 14.1. The van der Waals surface area contributed by atoms with E-state index in [0.717, 1.165) is 29.7 Å². The molecule has 3 heterocycles. The first-order valence-corrected chi connectivity index (χ1v) is 8.30. The highest BCUT2D eigenvalue weighted by Gasteiger charge is 2.18. The summed E-state index contributed by atoms with van der Waals surface area (Å²) in [7, 11) is 0. The maximum atomic E-state index is 14.2. The largest absolute Gasteiger partial charge is 0.325 e. The van der Waals surface area contributed by atoms with E-state index in [2.05, 4.69) is 27.0 Å². The van der Waals surface area contributed by atoms with Crippen LogP contribution in [-0.2, 0) is 13.0 Å². The van der Waals surface area contributed by atoms with Crippen molar-refractivity contribution in [2.75, 3.05) is 0 Å². The molecule has 0 aliphatic heterocycles. The Morgan fingerprint density at radius 2 is 1.88 bits per heavy atom. The number of rotatable bonds is 5. The van der Waals surface area contributed by atoms with Gasteiger partial charge in [0.1, 0.15) is 30.1 Å². The Labute approximate surface area is 148 Å². The van der Waals surface area contributed by atoms with Crippen LogP contribution < -0.4 is 0 Å². The molecule has 0 saturated heterocycles. The summed E-state index contributed by atoms with van der Waals surface area (Å²) in [6.07, 6.45) is 7.99. The lowest BCUT2D eigenvalue weighted by Crippen LogP contribution is -2.10. The predicted octanol–water partition coefficient (Wildman–Crippen LogP) is 3.27. The average molecular weight is 354 g/mol. The predicted molar refractivity (Wildman–Crippen MR) is 91.5 cm³/mol. The molecule has 0 amide bonds. The monoisotopic (exact) mass is 354 g/mol. The molecule has 0 N–H and O–H groups in total. The molecule has 0 unspecified atom stereocenters. The third kappa shape index (κ3) is 2.73. The van der Waals surface area contributed by atoms with Crippen molar-refractivity contribution in [1.82, 2.24) is 29.1 Å². The van der Waals surface area contributed by atoms with Crippen molar-refractivity contribution in [3.8, 4) is 11.4 Å². The van der Waals surface area contributed by atoms with Crippen molar-refractivity contribution >= 4 is 5.65 Å². The van der Waals surface area contributed by atoms with Crippen molar-refractivity contribution in [3.05, 3.63) is 66.1 Å².